The van der Waals surface area contributed by atoms with E-state index in [1.165, 1.54) is 9.13 Å². The van der Waals surface area contributed by atoms with Crippen LogP contribution >= 0.6 is 22.6 Å². The number of aryl methyl sites for hydroxylation is 2. The quantitative estimate of drug-likeness (QED) is 0.802. The zero-order chi connectivity index (χ0) is 13.8. The zero-order valence-electron chi connectivity index (χ0n) is 11.0. The molecule has 2 aromatic carbocycles. The molecule has 1 N–H and O–H groups in total. The number of halogens is 1. The second kappa shape index (κ2) is 6.19. The molecule has 19 heavy (non-hydrogen) atoms. The first-order valence-electron chi connectivity index (χ1n) is 6.26. The van der Waals surface area contributed by atoms with Crippen LogP contribution in [0.4, 0.5) is 5.69 Å². The Bertz CT molecular complexity index is 590. The van der Waals surface area contributed by atoms with Gasteiger partial charge in [0, 0.05) is 14.8 Å². The van der Waals surface area contributed by atoms with Gasteiger partial charge >= 0.3 is 0 Å². The molecular formula is C16H16INO. The molecule has 0 atom stereocenters. The lowest BCUT2D eigenvalue weighted by atomic mass is 10.1. The van der Waals surface area contributed by atoms with Gasteiger partial charge in [-0.25, -0.2) is 0 Å². The average Bonchev–Trinajstić information content (AvgIpc) is 2.42. The second-order valence-electron chi connectivity index (χ2n) is 4.46. The van der Waals surface area contributed by atoms with Crippen molar-refractivity contribution in [3.8, 4) is 0 Å². The standard InChI is InChI=1S/C16H16INO/c1-3-12-4-6-13(7-5-12)16(19)18-15-9-8-14(17)10-11(15)2/h4-10H,3H2,1-2H3,(H,18,19). The summed E-state index contributed by atoms with van der Waals surface area (Å²) in [6, 6.07) is 13.7. The van der Waals surface area contributed by atoms with Gasteiger partial charge in [-0.3, -0.25) is 4.79 Å². The van der Waals surface area contributed by atoms with Gasteiger partial charge in [0.15, 0.2) is 0 Å². The first-order valence-corrected chi connectivity index (χ1v) is 7.34. The molecule has 0 spiro atoms. The molecule has 2 rings (SSSR count). The van der Waals surface area contributed by atoms with Crippen molar-refractivity contribution in [1.82, 2.24) is 0 Å². The summed E-state index contributed by atoms with van der Waals surface area (Å²) >= 11 is 2.26. The van der Waals surface area contributed by atoms with E-state index in [-0.39, 0.29) is 5.91 Å². The lowest BCUT2D eigenvalue weighted by Gasteiger charge is -2.09. The number of carbonyl (C=O) groups is 1. The highest BCUT2D eigenvalue weighted by Crippen LogP contribution is 2.18. The van der Waals surface area contributed by atoms with Crippen LogP contribution in [0.2, 0.25) is 0 Å². The number of benzene rings is 2. The van der Waals surface area contributed by atoms with E-state index in [1.54, 1.807) is 0 Å². The molecule has 0 bridgehead atoms. The average molecular weight is 365 g/mol. The van der Waals surface area contributed by atoms with Crippen LogP contribution < -0.4 is 5.32 Å². The normalized spacial score (nSPS) is 10.3. The maximum Gasteiger partial charge on any atom is 0.255 e. The molecular weight excluding hydrogens is 349 g/mol. The maximum absolute atomic E-state index is 12.1. The SMILES string of the molecule is CCc1ccc(C(=O)Nc2ccc(I)cc2C)cc1. The Morgan fingerprint density at radius 1 is 1.16 bits per heavy atom. The van der Waals surface area contributed by atoms with Crippen LogP contribution in [-0.2, 0) is 6.42 Å². The van der Waals surface area contributed by atoms with Crippen LogP contribution in [-0.4, -0.2) is 5.91 Å². The molecule has 2 nitrogen and oxygen atoms in total. The third-order valence-electron chi connectivity index (χ3n) is 3.06. The van der Waals surface area contributed by atoms with E-state index in [0.717, 1.165) is 17.7 Å². The third-order valence-corrected chi connectivity index (χ3v) is 3.73. The highest BCUT2D eigenvalue weighted by molar-refractivity contribution is 14.1. The Kier molecular flexibility index (Phi) is 4.58. The number of hydrogen-bond acceptors (Lipinski definition) is 1. The summed E-state index contributed by atoms with van der Waals surface area (Å²) < 4.78 is 1.17. The van der Waals surface area contributed by atoms with Gasteiger partial charge < -0.3 is 5.32 Å². The van der Waals surface area contributed by atoms with E-state index in [1.807, 2.05) is 43.3 Å². The number of nitrogens with one attached hydrogen (secondary N) is 1. The lowest BCUT2D eigenvalue weighted by molar-refractivity contribution is 0.102. The van der Waals surface area contributed by atoms with E-state index in [0.29, 0.717) is 5.56 Å². The number of amides is 1. The van der Waals surface area contributed by atoms with Crippen LogP contribution in [0.5, 0.6) is 0 Å². The zero-order valence-corrected chi connectivity index (χ0v) is 13.2. The molecule has 0 heterocycles. The fraction of sp³-hybridized carbons (Fsp3) is 0.188. The summed E-state index contributed by atoms with van der Waals surface area (Å²) in [7, 11) is 0. The van der Waals surface area contributed by atoms with Gasteiger partial charge in [-0.05, 0) is 77.4 Å². The smallest absolute Gasteiger partial charge is 0.255 e. The van der Waals surface area contributed by atoms with Gasteiger partial charge in [0.1, 0.15) is 0 Å². The summed E-state index contributed by atoms with van der Waals surface area (Å²) in [6.45, 7) is 4.10. The predicted molar refractivity (Wildman–Crippen MR) is 87.7 cm³/mol. The fourth-order valence-corrected chi connectivity index (χ4v) is 2.50. The first kappa shape index (κ1) is 14.1. The van der Waals surface area contributed by atoms with E-state index in [4.69, 9.17) is 0 Å². The molecule has 0 fully saturated rings. The van der Waals surface area contributed by atoms with Crippen LogP contribution in [0.1, 0.15) is 28.4 Å². The van der Waals surface area contributed by atoms with Crippen molar-refractivity contribution in [1.29, 1.82) is 0 Å². The first-order chi connectivity index (χ1) is 9.10. The number of carbonyl (C=O) groups excluding carboxylic acids is 1. The maximum atomic E-state index is 12.1. The van der Waals surface area contributed by atoms with Gasteiger partial charge in [-0.1, -0.05) is 19.1 Å². The highest BCUT2D eigenvalue weighted by atomic mass is 127. The second-order valence-corrected chi connectivity index (χ2v) is 5.71. The van der Waals surface area contributed by atoms with Crippen LogP contribution in [0.3, 0.4) is 0 Å². The molecule has 0 aliphatic rings. The van der Waals surface area contributed by atoms with Crippen molar-refractivity contribution in [2.45, 2.75) is 20.3 Å². The fourth-order valence-electron chi connectivity index (χ4n) is 1.85. The molecule has 0 saturated heterocycles. The molecule has 0 saturated carbocycles. The topological polar surface area (TPSA) is 29.1 Å². The molecule has 0 radical (unpaired) electrons. The summed E-state index contributed by atoms with van der Waals surface area (Å²) in [5.41, 5.74) is 3.87. The summed E-state index contributed by atoms with van der Waals surface area (Å²) in [5.74, 6) is -0.0630. The number of hydrogen-bond donors (Lipinski definition) is 1. The molecule has 0 aromatic heterocycles. The highest BCUT2D eigenvalue weighted by Gasteiger charge is 2.07. The van der Waals surface area contributed by atoms with Gasteiger partial charge in [0.25, 0.3) is 5.91 Å². The third kappa shape index (κ3) is 3.56. The molecule has 98 valence electrons. The van der Waals surface area contributed by atoms with Gasteiger partial charge in [-0.2, -0.15) is 0 Å². The summed E-state index contributed by atoms with van der Waals surface area (Å²) in [6.07, 6.45) is 0.984. The Hall–Kier alpha value is -1.36. The molecule has 0 aliphatic carbocycles. The van der Waals surface area contributed by atoms with E-state index < -0.39 is 0 Å². The van der Waals surface area contributed by atoms with Crippen molar-refractivity contribution in [3.63, 3.8) is 0 Å². The van der Waals surface area contributed by atoms with Crippen molar-refractivity contribution < 1.29 is 4.79 Å². The largest absolute Gasteiger partial charge is 0.322 e. The molecule has 1 amide bonds. The monoisotopic (exact) mass is 365 g/mol. The van der Waals surface area contributed by atoms with E-state index in [9.17, 15) is 4.79 Å². The summed E-state index contributed by atoms with van der Waals surface area (Å²) in [5, 5.41) is 2.95. The minimum Gasteiger partial charge on any atom is -0.322 e. The van der Waals surface area contributed by atoms with Gasteiger partial charge in [-0.15, -0.1) is 0 Å². The van der Waals surface area contributed by atoms with E-state index in [2.05, 4.69) is 40.9 Å². The van der Waals surface area contributed by atoms with Crippen LogP contribution in [0, 0.1) is 10.5 Å². The van der Waals surface area contributed by atoms with E-state index >= 15 is 0 Å². The molecule has 3 heteroatoms. The molecule has 0 unspecified atom stereocenters. The van der Waals surface area contributed by atoms with Crippen molar-refractivity contribution in [3.05, 3.63) is 62.7 Å². The minimum absolute atomic E-state index is 0.0630. The lowest BCUT2D eigenvalue weighted by Crippen LogP contribution is -2.12. The predicted octanol–water partition coefficient (Wildman–Crippen LogP) is 4.41. The Labute approximate surface area is 127 Å². The molecule has 0 aliphatic heterocycles. The van der Waals surface area contributed by atoms with Crippen molar-refractivity contribution >= 4 is 34.2 Å². The Balaban J connectivity index is 2.15. The van der Waals surface area contributed by atoms with Crippen LogP contribution in [0.25, 0.3) is 0 Å². The minimum atomic E-state index is -0.0630. The van der Waals surface area contributed by atoms with Crippen molar-refractivity contribution in [2.75, 3.05) is 5.32 Å². The Morgan fingerprint density at radius 2 is 1.84 bits per heavy atom. The van der Waals surface area contributed by atoms with Gasteiger partial charge in [0.05, 0.1) is 0 Å². The van der Waals surface area contributed by atoms with Crippen LogP contribution in [0.15, 0.2) is 42.5 Å². The number of rotatable bonds is 3. The molecule has 2 aromatic rings. The Morgan fingerprint density at radius 3 is 2.42 bits per heavy atom. The van der Waals surface area contributed by atoms with Crippen molar-refractivity contribution in [2.24, 2.45) is 0 Å². The number of anilines is 1. The van der Waals surface area contributed by atoms with Gasteiger partial charge in [0.2, 0.25) is 0 Å². The summed E-state index contributed by atoms with van der Waals surface area (Å²) in [4.78, 5) is 12.1.